The van der Waals surface area contributed by atoms with Gasteiger partial charge in [0.2, 0.25) is 0 Å². The molecule has 0 atom stereocenters. The third kappa shape index (κ3) is 3.33. The van der Waals surface area contributed by atoms with Crippen LogP contribution in [0, 0.1) is 0 Å². The molecule has 0 bridgehead atoms. The van der Waals surface area contributed by atoms with Crippen molar-refractivity contribution in [2.45, 2.75) is 26.2 Å². The zero-order chi connectivity index (χ0) is 12.8. The monoisotopic (exact) mass is 258 g/mol. The van der Waals surface area contributed by atoms with Gasteiger partial charge < -0.3 is 0 Å². The van der Waals surface area contributed by atoms with Gasteiger partial charge >= 0.3 is 0 Å². The molecule has 3 heteroatoms. The second kappa shape index (κ2) is 6.55. The minimum atomic E-state index is 0.777. The number of hydrogen-bond acceptors (Lipinski definition) is 3. The summed E-state index contributed by atoms with van der Waals surface area (Å²) in [6.07, 6.45) is 4.94. The number of aromatic nitrogens is 2. The van der Waals surface area contributed by atoms with Crippen LogP contribution in [0.25, 0.3) is 11.3 Å². The lowest BCUT2D eigenvalue weighted by Crippen LogP contribution is -1.97. The summed E-state index contributed by atoms with van der Waals surface area (Å²) in [7, 11) is 0. The maximum atomic E-state index is 4.55. The van der Waals surface area contributed by atoms with Gasteiger partial charge in [-0.05, 0) is 23.8 Å². The highest BCUT2D eigenvalue weighted by molar-refractivity contribution is 7.80. The lowest BCUT2D eigenvalue weighted by atomic mass is 10.1. The quantitative estimate of drug-likeness (QED) is 0.830. The van der Waals surface area contributed by atoms with E-state index in [0.717, 1.165) is 35.7 Å². The average molecular weight is 258 g/mol. The van der Waals surface area contributed by atoms with Gasteiger partial charge in [0.25, 0.3) is 0 Å². The Bertz CT molecular complexity index is 494. The summed E-state index contributed by atoms with van der Waals surface area (Å²) in [4.78, 5) is 8.79. The second-order valence-electron chi connectivity index (χ2n) is 4.28. The molecule has 2 nitrogen and oxygen atoms in total. The van der Waals surface area contributed by atoms with Crippen molar-refractivity contribution in [3.05, 3.63) is 47.9 Å². The molecule has 0 radical (unpaired) electrons. The fourth-order valence-corrected chi connectivity index (χ4v) is 2.11. The molecule has 1 heterocycles. The van der Waals surface area contributed by atoms with Crippen molar-refractivity contribution in [2.75, 3.05) is 5.75 Å². The van der Waals surface area contributed by atoms with Crippen molar-refractivity contribution >= 4 is 12.6 Å². The van der Waals surface area contributed by atoms with Gasteiger partial charge in [-0.25, -0.2) is 9.97 Å². The van der Waals surface area contributed by atoms with Gasteiger partial charge in [-0.1, -0.05) is 37.6 Å². The van der Waals surface area contributed by atoms with Crippen LogP contribution in [0.5, 0.6) is 0 Å². The van der Waals surface area contributed by atoms with Gasteiger partial charge in [-0.15, -0.1) is 0 Å². The van der Waals surface area contributed by atoms with Gasteiger partial charge in [0.15, 0.2) is 0 Å². The molecule has 2 rings (SSSR count). The van der Waals surface area contributed by atoms with Gasteiger partial charge in [0.05, 0.1) is 5.69 Å². The van der Waals surface area contributed by atoms with Crippen LogP contribution in [0.3, 0.4) is 0 Å². The highest BCUT2D eigenvalue weighted by Gasteiger charge is 2.02. The highest BCUT2D eigenvalue weighted by Crippen LogP contribution is 2.18. The zero-order valence-electron chi connectivity index (χ0n) is 10.6. The molecule has 2 aromatic rings. The Labute approximate surface area is 114 Å². The van der Waals surface area contributed by atoms with Crippen LogP contribution < -0.4 is 0 Å². The van der Waals surface area contributed by atoms with E-state index >= 15 is 0 Å². The number of aryl methyl sites for hydroxylation is 2. The van der Waals surface area contributed by atoms with Gasteiger partial charge in [0, 0.05) is 18.2 Å². The van der Waals surface area contributed by atoms with E-state index in [-0.39, 0.29) is 0 Å². The molecule has 0 N–H and O–H groups in total. The molecule has 0 saturated carbocycles. The van der Waals surface area contributed by atoms with Crippen LogP contribution >= 0.6 is 12.6 Å². The Kier molecular flexibility index (Phi) is 4.76. The average Bonchev–Trinajstić information content (AvgIpc) is 2.41. The lowest BCUT2D eigenvalue weighted by Gasteiger charge is -2.04. The normalized spacial score (nSPS) is 10.6. The molecule has 0 aliphatic rings. The van der Waals surface area contributed by atoms with E-state index in [4.69, 9.17) is 0 Å². The molecule has 94 valence electrons. The van der Waals surface area contributed by atoms with E-state index in [0.29, 0.717) is 0 Å². The Morgan fingerprint density at radius 2 is 1.83 bits per heavy atom. The predicted octanol–water partition coefficient (Wildman–Crippen LogP) is 3.57. The standard InChI is InChI=1S/C15H18N2S/c1-2-3-12-4-6-13(7-5-12)14-8-10-16-15(17-14)9-11-18/h4-8,10,18H,2-3,9,11H2,1H3. The minimum Gasteiger partial charge on any atom is -0.241 e. The molecule has 0 unspecified atom stereocenters. The van der Waals surface area contributed by atoms with Crippen LogP contribution in [0.4, 0.5) is 0 Å². The second-order valence-corrected chi connectivity index (χ2v) is 4.73. The molecular formula is C15H18N2S. The first-order valence-corrected chi connectivity index (χ1v) is 6.99. The van der Waals surface area contributed by atoms with Crippen molar-refractivity contribution in [1.82, 2.24) is 9.97 Å². The maximum Gasteiger partial charge on any atom is 0.129 e. The van der Waals surface area contributed by atoms with Crippen LogP contribution in [0.1, 0.15) is 24.7 Å². The van der Waals surface area contributed by atoms with Crippen molar-refractivity contribution in [3.8, 4) is 11.3 Å². The Balaban J connectivity index is 2.22. The molecule has 1 aromatic carbocycles. The Morgan fingerprint density at radius 1 is 1.06 bits per heavy atom. The molecule has 0 amide bonds. The molecule has 0 aliphatic carbocycles. The van der Waals surface area contributed by atoms with Crippen LogP contribution in [0.2, 0.25) is 0 Å². The predicted molar refractivity (Wildman–Crippen MR) is 79.0 cm³/mol. The van der Waals surface area contributed by atoms with E-state index in [1.165, 1.54) is 12.0 Å². The topological polar surface area (TPSA) is 25.8 Å². The molecule has 0 saturated heterocycles. The summed E-state index contributed by atoms with van der Waals surface area (Å²) in [5, 5.41) is 0. The van der Waals surface area contributed by atoms with Crippen LogP contribution in [-0.2, 0) is 12.8 Å². The number of benzene rings is 1. The summed E-state index contributed by atoms with van der Waals surface area (Å²) in [5.74, 6) is 1.64. The number of hydrogen-bond donors (Lipinski definition) is 1. The zero-order valence-corrected chi connectivity index (χ0v) is 11.5. The number of nitrogens with zero attached hydrogens (tertiary/aromatic N) is 2. The first kappa shape index (κ1) is 13.1. The summed E-state index contributed by atoms with van der Waals surface area (Å²) < 4.78 is 0. The first-order valence-electron chi connectivity index (χ1n) is 6.35. The molecule has 0 fully saturated rings. The van der Waals surface area contributed by atoms with Gasteiger partial charge in [-0.2, -0.15) is 12.6 Å². The van der Waals surface area contributed by atoms with E-state index in [1.54, 1.807) is 0 Å². The minimum absolute atomic E-state index is 0.777. The van der Waals surface area contributed by atoms with E-state index in [9.17, 15) is 0 Å². The smallest absolute Gasteiger partial charge is 0.129 e. The summed E-state index contributed by atoms with van der Waals surface area (Å²) >= 11 is 4.21. The van der Waals surface area contributed by atoms with Crippen LogP contribution in [-0.4, -0.2) is 15.7 Å². The summed E-state index contributed by atoms with van der Waals surface area (Å²) in [6.45, 7) is 2.20. The summed E-state index contributed by atoms with van der Waals surface area (Å²) in [6, 6.07) is 10.6. The third-order valence-corrected chi connectivity index (χ3v) is 3.05. The van der Waals surface area contributed by atoms with Crippen molar-refractivity contribution in [2.24, 2.45) is 0 Å². The van der Waals surface area contributed by atoms with Gasteiger partial charge in [0.1, 0.15) is 5.82 Å². The van der Waals surface area contributed by atoms with Crippen molar-refractivity contribution in [1.29, 1.82) is 0 Å². The fourth-order valence-electron chi connectivity index (χ4n) is 1.91. The van der Waals surface area contributed by atoms with E-state index in [2.05, 4.69) is 53.8 Å². The molecular weight excluding hydrogens is 240 g/mol. The van der Waals surface area contributed by atoms with Crippen LogP contribution in [0.15, 0.2) is 36.5 Å². The SMILES string of the molecule is CCCc1ccc(-c2ccnc(CCS)n2)cc1. The van der Waals surface area contributed by atoms with Gasteiger partial charge in [-0.3, -0.25) is 0 Å². The molecule has 0 aliphatic heterocycles. The number of thiol groups is 1. The molecule has 18 heavy (non-hydrogen) atoms. The third-order valence-electron chi connectivity index (χ3n) is 2.83. The maximum absolute atomic E-state index is 4.55. The Hall–Kier alpha value is -1.35. The lowest BCUT2D eigenvalue weighted by molar-refractivity contribution is 0.921. The first-order chi connectivity index (χ1) is 8.83. The van der Waals surface area contributed by atoms with E-state index in [1.807, 2.05) is 12.3 Å². The van der Waals surface area contributed by atoms with E-state index < -0.39 is 0 Å². The highest BCUT2D eigenvalue weighted by atomic mass is 32.1. The summed E-state index contributed by atoms with van der Waals surface area (Å²) in [5.41, 5.74) is 3.52. The fraction of sp³-hybridized carbons (Fsp3) is 0.333. The van der Waals surface area contributed by atoms with Crippen molar-refractivity contribution < 1.29 is 0 Å². The van der Waals surface area contributed by atoms with Crippen molar-refractivity contribution in [3.63, 3.8) is 0 Å². The molecule has 0 spiro atoms. The Morgan fingerprint density at radius 3 is 2.50 bits per heavy atom. The molecule has 1 aromatic heterocycles. The number of rotatable bonds is 5. The largest absolute Gasteiger partial charge is 0.241 e.